The van der Waals surface area contributed by atoms with Crippen molar-refractivity contribution in [3.63, 3.8) is 0 Å². The van der Waals surface area contributed by atoms with Gasteiger partial charge in [0.05, 0.1) is 9.92 Å². The summed E-state index contributed by atoms with van der Waals surface area (Å²) in [4.78, 5) is 12.5. The molecule has 1 N–H and O–H groups in total. The van der Waals surface area contributed by atoms with Crippen molar-refractivity contribution in [2.45, 2.75) is 17.7 Å². The van der Waals surface area contributed by atoms with Gasteiger partial charge in [0.15, 0.2) is 0 Å². The lowest BCUT2D eigenvalue weighted by molar-refractivity contribution is 0.102. The van der Waals surface area contributed by atoms with E-state index in [0.717, 1.165) is 17.3 Å². The molecule has 0 aromatic heterocycles. The van der Waals surface area contributed by atoms with E-state index in [2.05, 4.69) is 21.2 Å². The Balaban J connectivity index is 1.75. The molecule has 0 radical (unpaired) electrons. The molecule has 0 atom stereocenters. The molecular formula is C17H16BrClN2O3S. The fourth-order valence-electron chi connectivity index (χ4n) is 2.63. The molecule has 2 aromatic rings. The fourth-order valence-corrected chi connectivity index (χ4v) is 4.58. The number of benzene rings is 2. The van der Waals surface area contributed by atoms with E-state index >= 15 is 0 Å². The van der Waals surface area contributed by atoms with E-state index in [-0.39, 0.29) is 10.8 Å². The van der Waals surface area contributed by atoms with Crippen LogP contribution in [0.15, 0.2) is 51.8 Å². The number of rotatable bonds is 4. The molecule has 1 aliphatic rings. The summed E-state index contributed by atoms with van der Waals surface area (Å²) >= 11 is 9.30. The van der Waals surface area contributed by atoms with E-state index in [1.54, 1.807) is 18.2 Å². The monoisotopic (exact) mass is 442 g/mol. The van der Waals surface area contributed by atoms with Crippen LogP contribution < -0.4 is 5.32 Å². The van der Waals surface area contributed by atoms with E-state index in [4.69, 9.17) is 11.6 Å². The summed E-state index contributed by atoms with van der Waals surface area (Å²) in [5.74, 6) is -0.330. The smallest absolute Gasteiger partial charge is 0.255 e. The lowest BCUT2D eigenvalue weighted by Gasteiger charge is -2.15. The van der Waals surface area contributed by atoms with Crippen LogP contribution in [0.25, 0.3) is 0 Å². The van der Waals surface area contributed by atoms with Gasteiger partial charge in [-0.05, 0) is 71.2 Å². The molecule has 0 spiro atoms. The van der Waals surface area contributed by atoms with Crippen LogP contribution in [-0.2, 0) is 10.0 Å². The Kier molecular flexibility index (Phi) is 5.48. The summed E-state index contributed by atoms with van der Waals surface area (Å²) in [6.45, 7) is 1.10. The van der Waals surface area contributed by atoms with Gasteiger partial charge in [-0.2, -0.15) is 4.31 Å². The average Bonchev–Trinajstić information content (AvgIpc) is 3.14. The van der Waals surface area contributed by atoms with Crippen LogP contribution in [0.4, 0.5) is 5.69 Å². The quantitative estimate of drug-likeness (QED) is 0.772. The molecule has 25 heavy (non-hydrogen) atoms. The molecule has 1 fully saturated rings. The molecule has 0 unspecified atom stereocenters. The number of halogens is 2. The maximum atomic E-state index is 12.5. The summed E-state index contributed by atoms with van der Waals surface area (Å²) in [6.07, 6.45) is 1.77. The number of hydrogen-bond donors (Lipinski definition) is 1. The van der Waals surface area contributed by atoms with Gasteiger partial charge >= 0.3 is 0 Å². The van der Waals surface area contributed by atoms with Crippen LogP contribution >= 0.6 is 27.5 Å². The van der Waals surface area contributed by atoms with Gasteiger partial charge in [0.25, 0.3) is 5.91 Å². The Hall–Kier alpha value is -1.41. The normalized spacial score (nSPS) is 15.3. The standard InChI is InChI=1S/C17H16BrClN2O3S/c18-15-8-5-13(11-16(15)19)20-17(22)12-3-6-14(7-4-12)25(23,24)21-9-1-2-10-21/h3-8,11H,1-2,9-10H2,(H,20,22). The summed E-state index contributed by atoms with van der Waals surface area (Å²) in [5.41, 5.74) is 0.936. The highest BCUT2D eigenvalue weighted by Crippen LogP contribution is 2.26. The van der Waals surface area contributed by atoms with Crippen molar-refractivity contribution in [1.82, 2.24) is 4.31 Å². The topological polar surface area (TPSA) is 66.5 Å². The van der Waals surface area contributed by atoms with Gasteiger partial charge in [-0.3, -0.25) is 4.79 Å². The number of carbonyl (C=O) groups is 1. The molecule has 2 aromatic carbocycles. The SMILES string of the molecule is O=C(Nc1ccc(Br)c(Cl)c1)c1ccc(S(=O)(=O)N2CCCC2)cc1. The van der Waals surface area contributed by atoms with Crippen LogP contribution in [0, 0.1) is 0 Å². The third-order valence-electron chi connectivity index (χ3n) is 4.00. The highest BCUT2D eigenvalue weighted by atomic mass is 79.9. The largest absolute Gasteiger partial charge is 0.322 e. The predicted molar refractivity (Wildman–Crippen MR) is 102 cm³/mol. The van der Waals surface area contributed by atoms with E-state index < -0.39 is 10.0 Å². The minimum atomic E-state index is -3.47. The Bertz CT molecular complexity index is 895. The van der Waals surface area contributed by atoms with Crippen molar-refractivity contribution >= 4 is 49.1 Å². The van der Waals surface area contributed by atoms with Gasteiger partial charge < -0.3 is 5.32 Å². The van der Waals surface area contributed by atoms with Gasteiger partial charge in [-0.25, -0.2) is 8.42 Å². The Labute approximate surface area is 160 Å². The van der Waals surface area contributed by atoms with Crippen molar-refractivity contribution in [2.24, 2.45) is 0 Å². The zero-order chi connectivity index (χ0) is 18.0. The Morgan fingerprint density at radius 1 is 1.08 bits per heavy atom. The first-order valence-electron chi connectivity index (χ1n) is 7.74. The van der Waals surface area contributed by atoms with Crippen LogP contribution in [0.1, 0.15) is 23.2 Å². The molecule has 0 aliphatic carbocycles. The number of anilines is 1. The van der Waals surface area contributed by atoms with E-state index in [9.17, 15) is 13.2 Å². The second kappa shape index (κ2) is 7.45. The van der Waals surface area contributed by atoms with Crippen molar-refractivity contribution < 1.29 is 13.2 Å². The summed E-state index contributed by atoms with van der Waals surface area (Å²) in [7, 11) is -3.47. The lowest BCUT2D eigenvalue weighted by atomic mass is 10.2. The number of nitrogens with zero attached hydrogens (tertiary/aromatic N) is 1. The highest BCUT2D eigenvalue weighted by Gasteiger charge is 2.27. The fraction of sp³-hybridized carbons (Fsp3) is 0.235. The van der Waals surface area contributed by atoms with Crippen molar-refractivity contribution in [3.8, 4) is 0 Å². The molecular weight excluding hydrogens is 428 g/mol. The summed E-state index contributed by atoms with van der Waals surface area (Å²) < 4.78 is 27.2. The Morgan fingerprint density at radius 3 is 2.32 bits per heavy atom. The van der Waals surface area contributed by atoms with E-state index in [0.29, 0.717) is 29.4 Å². The van der Waals surface area contributed by atoms with E-state index in [1.807, 2.05) is 0 Å². The maximum Gasteiger partial charge on any atom is 0.255 e. The molecule has 8 heteroatoms. The molecule has 1 heterocycles. The summed E-state index contributed by atoms with van der Waals surface area (Å²) in [6, 6.07) is 11.1. The molecule has 0 bridgehead atoms. The number of sulfonamides is 1. The van der Waals surface area contributed by atoms with Gasteiger partial charge in [0.2, 0.25) is 10.0 Å². The maximum absolute atomic E-state index is 12.5. The first-order chi connectivity index (χ1) is 11.9. The molecule has 1 amide bonds. The first kappa shape index (κ1) is 18.4. The summed E-state index contributed by atoms with van der Waals surface area (Å²) in [5, 5.41) is 3.23. The number of nitrogens with one attached hydrogen (secondary N) is 1. The lowest BCUT2D eigenvalue weighted by Crippen LogP contribution is -2.27. The molecule has 1 aliphatic heterocycles. The van der Waals surface area contributed by atoms with Gasteiger partial charge in [0, 0.05) is 28.8 Å². The van der Waals surface area contributed by atoms with Gasteiger partial charge in [-0.1, -0.05) is 11.6 Å². The second-order valence-electron chi connectivity index (χ2n) is 5.72. The van der Waals surface area contributed by atoms with Crippen LogP contribution in [0.3, 0.4) is 0 Å². The zero-order valence-electron chi connectivity index (χ0n) is 13.2. The first-order valence-corrected chi connectivity index (χ1v) is 10.4. The highest BCUT2D eigenvalue weighted by molar-refractivity contribution is 9.10. The van der Waals surface area contributed by atoms with Crippen LogP contribution in [0.5, 0.6) is 0 Å². The molecule has 132 valence electrons. The van der Waals surface area contributed by atoms with Crippen LogP contribution in [-0.4, -0.2) is 31.7 Å². The average molecular weight is 444 g/mol. The van der Waals surface area contributed by atoms with Crippen molar-refractivity contribution in [2.75, 3.05) is 18.4 Å². The van der Waals surface area contributed by atoms with Crippen molar-refractivity contribution in [3.05, 3.63) is 57.5 Å². The number of amides is 1. The molecule has 5 nitrogen and oxygen atoms in total. The van der Waals surface area contributed by atoms with Crippen molar-refractivity contribution in [1.29, 1.82) is 0 Å². The van der Waals surface area contributed by atoms with Crippen LogP contribution in [0.2, 0.25) is 5.02 Å². The third-order valence-corrected chi connectivity index (χ3v) is 7.14. The minimum absolute atomic E-state index is 0.206. The van der Waals surface area contributed by atoms with Gasteiger partial charge in [-0.15, -0.1) is 0 Å². The minimum Gasteiger partial charge on any atom is -0.322 e. The zero-order valence-corrected chi connectivity index (χ0v) is 16.4. The number of hydrogen-bond acceptors (Lipinski definition) is 3. The molecule has 0 saturated carbocycles. The Morgan fingerprint density at radius 2 is 1.72 bits per heavy atom. The molecule has 3 rings (SSSR count). The number of carbonyl (C=O) groups excluding carboxylic acids is 1. The second-order valence-corrected chi connectivity index (χ2v) is 8.92. The molecule has 1 saturated heterocycles. The predicted octanol–water partition coefficient (Wildman–Crippen LogP) is 4.14. The third kappa shape index (κ3) is 4.06. The van der Waals surface area contributed by atoms with E-state index in [1.165, 1.54) is 28.6 Å². The van der Waals surface area contributed by atoms with Gasteiger partial charge in [0.1, 0.15) is 0 Å².